The van der Waals surface area contributed by atoms with Crippen LogP contribution < -0.4 is 0 Å². The molecule has 0 spiro atoms. The van der Waals surface area contributed by atoms with E-state index >= 15 is 0 Å². The van der Waals surface area contributed by atoms with E-state index in [1.165, 1.54) is 0 Å². The van der Waals surface area contributed by atoms with Crippen LogP contribution >= 0.6 is 0 Å². The van der Waals surface area contributed by atoms with Crippen molar-refractivity contribution in [3.05, 3.63) is 35.9 Å². The zero-order valence-electron chi connectivity index (χ0n) is 10.5. The summed E-state index contributed by atoms with van der Waals surface area (Å²) in [6.07, 6.45) is 3.33. The van der Waals surface area contributed by atoms with Crippen LogP contribution in [-0.4, -0.2) is 18.9 Å². The van der Waals surface area contributed by atoms with Crippen molar-refractivity contribution < 1.29 is 14.4 Å². The van der Waals surface area contributed by atoms with Crippen LogP contribution in [0.3, 0.4) is 0 Å². The van der Waals surface area contributed by atoms with Gasteiger partial charge in [-0.15, -0.1) is 0 Å². The minimum atomic E-state index is -0.294. The van der Waals surface area contributed by atoms with Crippen molar-refractivity contribution in [2.45, 2.75) is 25.7 Å². The fourth-order valence-electron chi connectivity index (χ4n) is 2.16. The molecule has 0 amide bonds. The molecule has 0 bridgehead atoms. The molecule has 1 rings (SSSR count). The van der Waals surface area contributed by atoms with Gasteiger partial charge in [0.2, 0.25) is 0 Å². The van der Waals surface area contributed by atoms with Gasteiger partial charge in [0.15, 0.2) is 0 Å². The average Bonchev–Trinajstić information content (AvgIpc) is 2.43. The van der Waals surface area contributed by atoms with Crippen molar-refractivity contribution in [3.63, 3.8) is 0 Å². The molecule has 96 valence electrons. The maximum atomic E-state index is 11.2. The number of hydrogen-bond acceptors (Lipinski definition) is 3. The molecule has 3 nitrogen and oxygen atoms in total. The van der Waals surface area contributed by atoms with Crippen LogP contribution in [0.15, 0.2) is 30.3 Å². The summed E-state index contributed by atoms with van der Waals surface area (Å²) < 4.78 is 0. The lowest BCUT2D eigenvalue weighted by molar-refractivity contribution is -0.114. The van der Waals surface area contributed by atoms with Gasteiger partial charge in [0.25, 0.3) is 0 Å². The molecule has 3 unspecified atom stereocenters. The number of aldehydes is 3. The molecule has 3 heteroatoms. The van der Waals surface area contributed by atoms with Crippen LogP contribution in [0.5, 0.6) is 0 Å². The van der Waals surface area contributed by atoms with E-state index in [-0.39, 0.29) is 17.8 Å². The van der Waals surface area contributed by atoms with Gasteiger partial charge in [-0.25, -0.2) is 0 Å². The molecule has 0 radical (unpaired) electrons. The zero-order chi connectivity index (χ0) is 13.4. The van der Waals surface area contributed by atoms with E-state index in [2.05, 4.69) is 0 Å². The molecule has 0 aliphatic carbocycles. The molecular weight excluding hydrogens is 228 g/mol. The third kappa shape index (κ3) is 3.91. The van der Waals surface area contributed by atoms with E-state index in [9.17, 15) is 14.4 Å². The van der Waals surface area contributed by atoms with Crippen molar-refractivity contribution in [3.8, 4) is 0 Å². The van der Waals surface area contributed by atoms with Gasteiger partial charge in [-0.2, -0.15) is 0 Å². The first-order valence-electron chi connectivity index (χ1n) is 6.12. The normalized spacial score (nSPS) is 15.4. The van der Waals surface area contributed by atoms with Gasteiger partial charge < -0.3 is 14.4 Å². The third-order valence-corrected chi connectivity index (χ3v) is 3.15. The molecule has 0 aliphatic rings. The van der Waals surface area contributed by atoms with Crippen molar-refractivity contribution >= 4 is 18.9 Å². The monoisotopic (exact) mass is 246 g/mol. The number of rotatable bonds is 8. The topological polar surface area (TPSA) is 51.2 Å². The second-order valence-corrected chi connectivity index (χ2v) is 4.57. The van der Waals surface area contributed by atoms with E-state index in [1.54, 1.807) is 6.92 Å². The fourth-order valence-corrected chi connectivity index (χ4v) is 2.16. The Balaban J connectivity index is 2.91. The number of benzene rings is 1. The molecule has 0 saturated carbocycles. The van der Waals surface area contributed by atoms with Crippen molar-refractivity contribution in [2.24, 2.45) is 11.8 Å². The van der Waals surface area contributed by atoms with E-state index < -0.39 is 0 Å². The van der Waals surface area contributed by atoms with Gasteiger partial charge in [-0.05, 0) is 17.9 Å². The maximum Gasteiger partial charge on any atom is 0.123 e. The van der Waals surface area contributed by atoms with Crippen LogP contribution in [-0.2, 0) is 14.4 Å². The van der Waals surface area contributed by atoms with Crippen LogP contribution in [0.4, 0.5) is 0 Å². The molecule has 18 heavy (non-hydrogen) atoms. The molecule has 0 fully saturated rings. The van der Waals surface area contributed by atoms with Crippen molar-refractivity contribution in [1.82, 2.24) is 0 Å². The molecule has 0 N–H and O–H groups in total. The summed E-state index contributed by atoms with van der Waals surface area (Å²) in [5, 5.41) is 0. The average molecular weight is 246 g/mol. The predicted octanol–water partition coefficient (Wildman–Crippen LogP) is 2.40. The second-order valence-electron chi connectivity index (χ2n) is 4.57. The summed E-state index contributed by atoms with van der Waals surface area (Å²) in [5.41, 5.74) is 0.972. The van der Waals surface area contributed by atoms with E-state index in [0.29, 0.717) is 12.8 Å². The van der Waals surface area contributed by atoms with Gasteiger partial charge in [0, 0.05) is 18.3 Å². The summed E-state index contributed by atoms with van der Waals surface area (Å²) in [6.45, 7) is 1.78. The van der Waals surface area contributed by atoms with Crippen LogP contribution in [0.1, 0.15) is 31.2 Å². The summed E-state index contributed by atoms with van der Waals surface area (Å²) in [4.78, 5) is 32.7. The summed E-state index contributed by atoms with van der Waals surface area (Å²) in [5.74, 6) is -0.598. The van der Waals surface area contributed by atoms with Crippen LogP contribution in [0.25, 0.3) is 0 Å². The lowest BCUT2D eigenvalue weighted by atomic mass is 9.80. The smallest absolute Gasteiger partial charge is 0.123 e. The van der Waals surface area contributed by atoms with Gasteiger partial charge in [-0.1, -0.05) is 37.3 Å². The quantitative estimate of drug-likeness (QED) is 0.662. The van der Waals surface area contributed by atoms with Crippen LogP contribution in [0, 0.1) is 11.8 Å². The Morgan fingerprint density at radius 2 is 1.72 bits per heavy atom. The Labute approximate surface area is 107 Å². The third-order valence-electron chi connectivity index (χ3n) is 3.15. The van der Waals surface area contributed by atoms with Gasteiger partial charge >= 0.3 is 0 Å². The first-order chi connectivity index (χ1) is 8.72. The highest BCUT2D eigenvalue weighted by molar-refractivity contribution is 5.61. The van der Waals surface area contributed by atoms with E-state index in [1.807, 2.05) is 30.3 Å². The van der Waals surface area contributed by atoms with Gasteiger partial charge in [0.1, 0.15) is 18.9 Å². The highest BCUT2D eigenvalue weighted by atomic mass is 16.1. The molecule has 0 aliphatic heterocycles. The fraction of sp³-hybridized carbons (Fsp3) is 0.400. The standard InChI is InChI=1S/C15H18O3/c1-12(10-17)9-14(11-18)15(7-8-16)13-5-3-2-4-6-13/h2-6,8,10-12,14-15H,7,9H2,1H3. The van der Waals surface area contributed by atoms with Gasteiger partial charge in [0.05, 0.1) is 0 Å². The number of hydrogen-bond donors (Lipinski definition) is 0. The first kappa shape index (κ1) is 14.3. The van der Waals surface area contributed by atoms with Crippen LogP contribution in [0.2, 0.25) is 0 Å². The number of carbonyl (C=O) groups is 3. The minimum absolute atomic E-state index is 0.136. The molecule has 1 aromatic carbocycles. The SMILES string of the molecule is CC(C=O)CC(C=O)C(CC=O)c1ccccc1. The van der Waals surface area contributed by atoms with Gasteiger partial charge in [-0.3, -0.25) is 0 Å². The highest BCUT2D eigenvalue weighted by Gasteiger charge is 2.24. The molecule has 1 aromatic rings. The van der Waals surface area contributed by atoms with E-state index in [4.69, 9.17) is 0 Å². The Hall–Kier alpha value is -1.77. The summed E-state index contributed by atoms with van der Waals surface area (Å²) in [7, 11) is 0. The molecule has 0 heterocycles. The van der Waals surface area contributed by atoms with E-state index in [0.717, 1.165) is 24.4 Å². The second kappa shape index (κ2) is 7.54. The molecule has 3 atom stereocenters. The first-order valence-corrected chi connectivity index (χ1v) is 6.12. The molecule has 0 aromatic heterocycles. The number of carbonyl (C=O) groups excluding carboxylic acids is 3. The predicted molar refractivity (Wildman–Crippen MR) is 69.3 cm³/mol. The highest BCUT2D eigenvalue weighted by Crippen LogP contribution is 2.30. The Bertz CT molecular complexity index is 386. The zero-order valence-corrected chi connectivity index (χ0v) is 10.5. The molecule has 0 saturated heterocycles. The lowest BCUT2D eigenvalue weighted by Crippen LogP contribution is -2.18. The minimum Gasteiger partial charge on any atom is -0.303 e. The largest absolute Gasteiger partial charge is 0.303 e. The Morgan fingerprint density at radius 1 is 1.06 bits per heavy atom. The Kier molecular flexibility index (Phi) is 5.98. The van der Waals surface area contributed by atoms with Crippen molar-refractivity contribution in [1.29, 1.82) is 0 Å². The van der Waals surface area contributed by atoms with Crippen molar-refractivity contribution in [2.75, 3.05) is 0 Å². The summed E-state index contributed by atoms with van der Waals surface area (Å²) >= 11 is 0. The maximum absolute atomic E-state index is 11.2. The lowest BCUT2D eigenvalue weighted by Gasteiger charge is -2.22. The summed E-state index contributed by atoms with van der Waals surface area (Å²) in [6, 6.07) is 9.49. The Morgan fingerprint density at radius 3 is 2.22 bits per heavy atom. The molecular formula is C15H18O3.